The first-order valence-electron chi connectivity index (χ1n) is 15.1. The second-order valence-electron chi connectivity index (χ2n) is 11.2. The molecule has 1 aliphatic rings. The van der Waals surface area contributed by atoms with E-state index in [1.165, 1.54) is 37.3 Å². The van der Waals surface area contributed by atoms with Gasteiger partial charge in [0.1, 0.15) is 29.3 Å². The van der Waals surface area contributed by atoms with Gasteiger partial charge in [-0.05, 0) is 66.9 Å². The molecule has 0 radical (unpaired) electrons. The van der Waals surface area contributed by atoms with Crippen LogP contribution in [0.25, 0.3) is 0 Å². The molecular formula is C33H37N5O12. The van der Waals surface area contributed by atoms with Gasteiger partial charge < -0.3 is 51.1 Å². The van der Waals surface area contributed by atoms with Crippen LogP contribution in [0.1, 0.15) is 18.1 Å². The zero-order chi connectivity index (χ0) is 36.5. The molecule has 0 fully saturated rings. The third kappa shape index (κ3) is 9.30. The summed E-state index contributed by atoms with van der Waals surface area (Å²) in [4.78, 5) is 62.7. The number of fused-ring (bicyclic) bond motifs is 1. The summed E-state index contributed by atoms with van der Waals surface area (Å²) in [6.07, 6.45) is -0.0913. The molecule has 1 aliphatic heterocycles. The van der Waals surface area contributed by atoms with Crippen molar-refractivity contribution < 1.29 is 57.9 Å². The van der Waals surface area contributed by atoms with Gasteiger partial charge in [0.05, 0.1) is 11.6 Å². The van der Waals surface area contributed by atoms with Crippen LogP contribution in [-0.4, -0.2) is 78.3 Å². The van der Waals surface area contributed by atoms with Crippen LogP contribution in [0.3, 0.4) is 0 Å². The molecule has 3 amide bonds. The number of hydrogen-bond donors (Lipinski definition) is 6. The number of primary amides is 2. The molecule has 3 aromatic rings. The van der Waals surface area contributed by atoms with Gasteiger partial charge in [0, 0.05) is 6.04 Å². The van der Waals surface area contributed by atoms with Crippen molar-refractivity contribution in [2.75, 3.05) is 25.0 Å². The number of aliphatic carboxylic acids is 1. The van der Waals surface area contributed by atoms with Crippen molar-refractivity contribution in [3.05, 3.63) is 71.8 Å². The molecule has 9 N–H and O–H groups in total. The summed E-state index contributed by atoms with van der Waals surface area (Å²) in [6, 6.07) is 10.2. The predicted molar refractivity (Wildman–Crippen MR) is 174 cm³/mol. The number of phenolic OH excluding ortho intramolecular Hbond substituents is 1. The summed E-state index contributed by atoms with van der Waals surface area (Å²) in [6.45, 7) is 2.04. The summed E-state index contributed by atoms with van der Waals surface area (Å²) in [5.74, 6) is -4.45. The maximum atomic E-state index is 12.9. The van der Waals surface area contributed by atoms with Crippen molar-refractivity contribution in [2.24, 2.45) is 23.1 Å². The first-order chi connectivity index (χ1) is 23.7. The summed E-state index contributed by atoms with van der Waals surface area (Å²) in [7, 11) is 0. The van der Waals surface area contributed by atoms with E-state index in [-0.39, 0.29) is 37.1 Å². The lowest BCUT2D eigenvalue weighted by atomic mass is 9.92. The quantitative estimate of drug-likeness (QED) is 0.0691. The van der Waals surface area contributed by atoms with Gasteiger partial charge in [-0.3, -0.25) is 19.8 Å². The minimum atomic E-state index is -1.68. The zero-order valence-electron chi connectivity index (χ0n) is 27.1. The number of carbonyl (C=O) groups excluding carboxylic acids is 4. The van der Waals surface area contributed by atoms with Crippen LogP contribution in [0, 0.1) is 12.8 Å². The fraction of sp³-hybridized carbons (Fsp3) is 0.303. The lowest BCUT2D eigenvalue weighted by Gasteiger charge is -2.30. The van der Waals surface area contributed by atoms with Crippen molar-refractivity contribution in [1.82, 2.24) is 5.32 Å². The Balaban J connectivity index is 1.32. The highest BCUT2D eigenvalue weighted by atomic mass is 16.7. The lowest BCUT2D eigenvalue weighted by Crippen LogP contribution is -2.60. The topological polar surface area (TPSA) is 265 Å². The van der Waals surface area contributed by atoms with Crippen LogP contribution < -0.4 is 46.4 Å². The Morgan fingerprint density at radius 2 is 1.62 bits per heavy atom. The number of esters is 2. The van der Waals surface area contributed by atoms with Gasteiger partial charge >= 0.3 is 23.9 Å². The number of para-hydroxylation sites is 1. The van der Waals surface area contributed by atoms with E-state index in [9.17, 15) is 34.2 Å². The molecule has 0 aromatic heterocycles. The Bertz CT molecular complexity index is 1710. The fourth-order valence-electron chi connectivity index (χ4n) is 4.99. The number of aryl methyl sites for hydroxylation is 1. The van der Waals surface area contributed by atoms with Crippen LogP contribution in [0.2, 0.25) is 0 Å². The molecular weight excluding hydrogens is 658 g/mol. The van der Waals surface area contributed by atoms with Crippen molar-refractivity contribution in [2.45, 2.75) is 38.4 Å². The van der Waals surface area contributed by atoms with Crippen LogP contribution in [0.4, 0.5) is 10.5 Å². The summed E-state index contributed by atoms with van der Waals surface area (Å²) in [5, 5.41) is 22.8. The number of nitrogens with zero attached hydrogens (tertiary/aromatic N) is 1. The molecule has 17 nitrogen and oxygen atoms in total. The van der Waals surface area contributed by atoms with Gasteiger partial charge in [0.25, 0.3) is 0 Å². The Morgan fingerprint density at radius 3 is 2.24 bits per heavy atom. The minimum Gasteiger partial charge on any atom is -0.506 e. The number of rotatable bonds is 16. The number of nitrogens with two attached hydrogens (primary N) is 3. The van der Waals surface area contributed by atoms with Gasteiger partial charge in [-0.15, -0.1) is 0 Å². The fourth-order valence-corrected chi connectivity index (χ4v) is 4.99. The SMILES string of the molecule is Cc1cccc(O)c1N(COc1ccc(OCC(=O)OC(=O)[C@@H](N)C(NC(Cc2ccc3c(c2)OCO3)C(=O)O)C(C)C(N)=O)cc1)C(N)=O. The molecule has 0 saturated carbocycles. The molecule has 1 heterocycles. The highest BCUT2D eigenvalue weighted by Gasteiger charge is 2.37. The summed E-state index contributed by atoms with van der Waals surface area (Å²) >= 11 is 0. The van der Waals surface area contributed by atoms with E-state index < -0.39 is 60.5 Å². The number of anilines is 1. The summed E-state index contributed by atoms with van der Waals surface area (Å²) in [5.41, 5.74) is 18.4. The number of phenols is 1. The Hall–Kier alpha value is -6.07. The molecule has 4 rings (SSSR count). The van der Waals surface area contributed by atoms with Gasteiger partial charge in [0.15, 0.2) is 24.8 Å². The molecule has 50 heavy (non-hydrogen) atoms. The summed E-state index contributed by atoms with van der Waals surface area (Å²) < 4.78 is 26.4. The van der Waals surface area contributed by atoms with E-state index in [0.29, 0.717) is 28.4 Å². The largest absolute Gasteiger partial charge is 0.506 e. The highest BCUT2D eigenvalue weighted by molar-refractivity contribution is 5.93. The maximum absolute atomic E-state index is 12.9. The smallest absolute Gasteiger partial charge is 0.351 e. The standard InChI is InChI=1S/C33H37N5O12/c1-17-4-3-5-23(39)29(17)38(33(36)45)15-47-21-9-7-20(8-10-21)46-14-26(40)50-32(44)27(34)28(18(2)30(35)41)37-22(31(42)43)12-19-6-11-24-25(13-19)49-16-48-24/h3-11,13,18,22,27-28,37,39H,12,14-16,34H2,1-2H3,(H2,35,41)(H2,36,45)(H,42,43)/t18?,22?,27-,28?/m0/s1. The van der Waals surface area contributed by atoms with Crippen molar-refractivity contribution in [3.8, 4) is 28.7 Å². The maximum Gasteiger partial charge on any atom is 0.351 e. The Labute approximate surface area is 285 Å². The average Bonchev–Trinajstić information content (AvgIpc) is 3.54. The van der Waals surface area contributed by atoms with Crippen LogP contribution >= 0.6 is 0 Å². The van der Waals surface area contributed by atoms with Crippen molar-refractivity contribution in [1.29, 1.82) is 0 Å². The third-order valence-electron chi connectivity index (χ3n) is 7.72. The van der Waals surface area contributed by atoms with Crippen LogP contribution in [0.15, 0.2) is 60.7 Å². The molecule has 4 atom stereocenters. The van der Waals surface area contributed by atoms with Gasteiger partial charge in [0.2, 0.25) is 12.7 Å². The van der Waals surface area contributed by atoms with Crippen molar-refractivity contribution in [3.63, 3.8) is 0 Å². The van der Waals surface area contributed by atoms with Crippen molar-refractivity contribution >= 4 is 35.5 Å². The normalized spacial score (nSPS) is 14.1. The molecule has 0 aliphatic carbocycles. The second-order valence-corrected chi connectivity index (χ2v) is 11.2. The van der Waals surface area contributed by atoms with Gasteiger partial charge in [-0.1, -0.05) is 25.1 Å². The number of aromatic hydroxyl groups is 1. The molecule has 0 saturated heterocycles. The van der Waals surface area contributed by atoms with E-state index in [2.05, 4.69) is 5.32 Å². The van der Waals surface area contributed by atoms with Crippen LogP contribution in [-0.2, 0) is 30.3 Å². The van der Waals surface area contributed by atoms with E-state index in [0.717, 1.165) is 4.90 Å². The molecule has 0 bridgehead atoms. The Morgan fingerprint density at radius 1 is 0.960 bits per heavy atom. The van der Waals surface area contributed by atoms with E-state index in [1.54, 1.807) is 37.3 Å². The molecule has 266 valence electrons. The Kier molecular flexibility index (Phi) is 12.0. The number of carbonyl (C=O) groups is 5. The molecule has 3 unspecified atom stereocenters. The predicted octanol–water partition coefficient (Wildman–Crippen LogP) is 0.902. The van der Waals surface area contributed by atoms with Gasteiger partial charge in [-0.2, -0.15) is 0 Å². The molecule has 3 aromatic carbocycles. The number of hydrogen-bond acceptors (Lipinski definition) is 13. The number of urea groups is 1. The molecule has 0 spiro atoms. The number of ether oxygens (including phenoxy) is 5. The number of amides is 3. The van der Waals surface area contributed by atoms with Gasteiger partial charge in [-0.25, -0.2) is 14.4 Å². The molecule has 17 heteroatoms. The first kappa shape index (κ1) is 36.8. The number of nitrogens with one attached hydrogen (secondary N) is 1. The number of benzene rings is 3. The van der Waals surface area contributed by atoms with E-state index >= 15 is 0 Å². The monoisotopic (exact) mass is 695 g/mol. The average molecular weight is 696 g/mol. The number of carboxylic acid groups (broad SMARTS) is 1. The van der Waals surface area contributed by atoms with Crippen LogP contribution in [0.5, 0.6) is 28.7 Å². The minimum absolute atomic E-state index is 0.0286. The second kappa shape index (κ2) is 16.4. The lowest BCUT2D eigenvalue weighted by molar-refractivity contribution is -0.163. The number of carboxylic acids is 1. The highest BCUT2D eigenvalue weighted by Crippen LogP contribution is 2.33. The third-order valence-corrected chi connectivity index (χ3v) is 7.72. The van der Waals surface area contributed by atoms with E-state index in [4.69, 9.17) is 40.9 Å². The zero-order valence-corrected chi connectivity index (χ0v) is 27.1. The van der Waals surface area contributed by atoms with E-state index in [1.807, 2.05) is 0 Å². The first-order valence-corrected chi connectivity index (χ1v) is 15.1.